The second-order valence-corrected chi connectivity index (χ2v) is 9.84. The lowest BCUT2D eigenvalue weighted by atomic mass is 10.2. The molecule has 0 saturated heterocycles. The van der Waals surface area contributed by atoms with E-state index in [-0.39, 0.29) is 29.3 Å². The molecule has 3 amide bonds. The number of rotatable bonds is 8. The number of carbonyl (C=O) groups is 3. The van der Waals surface area contributed by atoms with Crippen molar-refractivity contribution in [2.75, 3.05) is 17.2 Å². The van der Waals surface area contributed by atoms with Crippen LogP contribution in [0.5, 0.6) is 0 Å². The molecule has 1 aliphatic rings. The van der Waals surface area contributed by atoms with Crippen molar-refractivity contribution in [1.82, 2.24) is 4.90 Å². The first-order chi connectivity index (χ1) is 16.8. The molecule has 178 valence electrons. The number of benzene rings is 3. The van der Waals surface area contributed by atoms with Crippen LogP contribution in [0.2, 0.25) is 0 Å². The number of hydrogen-bond acceptors (Lipinski definition) is 5. The quantitative estimate of drug-likeness (QED) is 0.401. The van der Waals surface area contributed by atoms with Crippen molar-refractivity contribution in [3.8, 4) is 0 Å². The van der Waals surface area contributed by atoms with E-state index in [1.807, 2.05) is 75.4 Å². The van der Waals surface area contributed by atoms with E-state index in [0.29, 0.717) is 22.7 Å². The highest BCUT2D eigenvalue weighted by Gasteiger charge is 2.39. The van der Waals surface area contributed by atoms with Gasteiger partial charge in [-0.1, -0.05) is 67.6 Å². The molecule has 0 spiro atoms. The van der Waals surface area contributed by atoms with Crippen LogP contribution >= 0.6 is 11.8 Å². The van der Waals surface area contributed by atoms with Gasteiger partial charge in [0.1, 0.15) is 10.6 Å². The number of anilines is 2. The lowest BCUT2D eigenvalue weighted by molar-refractivity contribution is -0.137. The summed E-state index contributed by atoms with van der Waals surface area (Å²) in [6.07, 6.45) is 0. The first-order valence-corrected chi connectivity index (χ1v) is 12.2. The molecule has 7 heteroatoms. The molecule has 0 fully saturated rings. The van der Waals surface area contributed by atoms with E-state index in [0.717, 1.165) is 16.1 Å². The molecule has 2 N–H and O–H groups in total. The number of thioether (sulfide) groups is 1. The largest absolute Gasteiger partial charge is 0.350 e. The van der Waals surface area contributed by atoms with Crippen LogP contribution in [0, 0.1) is 12.8 Å². The normalized spacial score (nSPS) is 13.5. The third-order valence-corrected chi connectivity index (χ3v) is 6.41. The van der Waals surface area contributed by atoms with Gasteiger partial charge in [0, 0.05) is 28.4 Å². The molecule has 0 radical (unpaired) electrons. The van der Waals surface area contributed by atoms with Gasteiger partial charge in [0.25, 0.3) is 17.7 Å². The molecule has 4 rings (SSSR count). The summed E-state index contributed by atoms with van der Waals surface area (Å²) in [5.41, 5.74) is 3.26. The number of carbonyl (C=O) groups excluding carboxylic acids is 3. The fourth-order valence-electron chi connectivity index (χ4n) is 3.62. The minimum Gasteiger partial charge on any atom is -0.350 e. The highest BCUT2D eigenvalue weighted by atomic mass is 32.2. The summed E-state index contributed by atoms with van der Waals surface area (Å²) in [6, 6.07) is 23.9. The first-order valence-electron chi connectivity index (χ1n) is 11.4. The molecule has 0 unspecified atom stereocenters. The summed E-state index contributed by atoms with van der Waals surface area (Å²) in [7, 11) is 0. The average molecular weight is 486 g/mol. The highest BCUT2D eigenvalue weighted by Crippen LogP contribution is 2.37. The Bertz CT molecular complexity index is 1280. The fourth-order valence-corrected chi connectivity index (χ4v) is 4.63. The number of hydrogen-bond donors (Lipinski definition) is 2. The predicted octanol–water partition coefficient (Wildman–Crippen LogP) is 5.69. The fraction of sp³-hybridized carbons (Fsp3) is 0.179. The Hall–Kier alpha value is -3.84. The van der Waals surface area contributed by atoms with Gasteiger partial charge in [0.2, 0.25) is 0 Å². The molecule has 1 aliphatic heterocycles. The topological polar surface area (TPSA) is 78.5 Å². The minimum absolute atomic E-state index is 0.143. The minimum atomic E-state index is -0.333. The Balaban J connectivity index is 1.60. The maximum atomic E-state index is 13.3. The molecule has 0 aromatic heterocycles. The number of imide groups is 1. The third-order valence-electron chi connectivity index (χ3n) is 5.34. The summed E-state index contributed by atoms with van der Waals surface area (Å²) in [4.78, 5) is 41.4. The molecule has 6 nitrogen and oxygen atoms in total. The van der Waals surface area contributed by atoms with Gasteiger partial charge in [-0.25, -0.2) is 0 Å². The van der Waals surface area contributed by atoms with E-state index in [9.17, 15) is 14.4 Å². The van der Waals surface area contributed by atoms with Gasteiger partial charge < -0.3 is 10.6 Å². The Kier molecular flexibility index (Phi) is 7.36. The Morgan fingerprint density at radius 3 is 2.29 bits per heavy atom. The molecule has 3 aromatic rings. The summed E-state index contributed by atoms with van der Waals surface area (Å²) in [5, 5.41) is 6.06. The summed E-state index contributed by atoms with van der Waals surface area (Å²) in [5.74, 6) is -0.726. The summed E-state index contributed by atoms with van der Waals surface area (Å²) < 4.78 is 0. The Labute approximate surface area is 209 Å². The number of nitrogens with zero attached hydrogens (tertiary/aromatic N) is 1. The van der Waals surface area contributed by atoms with Gasteiger partial charge in [-0.15, -0.1) is 0 Å². The van der Waals surface area contributed by atoms with Gasteiger partial charge in [0.15, 0.2) is 0 Å². The molecule has 3 aromatic carbocycles. The zero-order valence-electron chi connectivity index (χ0n) is 19.9. The van der Waals surface area contributed by atoms with E-state index >= 15 is 0 Å². The summed E-state index contributed by atoms with van der Waals surface area (Å²) in [6.45, 7) is 6.27. The van der Waals surface area contributed by atoms with E-state index in [1.165, 1.54) is 16.7 Å². The predicted molar refractivity (Wildman–Crippen MR) is 140 cm³/mol. The molecule has 0 bridgehead atoms. The lowest BCUT2D eigenvalue weighted by Gasteiger charge is -2.17. The molecular weight excluding hydrogens is 458 g/mol. The first kappa shape index (κ1) is 24.3. The van der Waals surface area contributed by atoms with Gasteiger partial charge >= 0.3 is 0 Å². The van der Waals surface area contributed by atoms with Crippen molar-refractivity contribution in [3.63, 3.8) is 0 Å². The van der Waals surface area contributed by atoms with Crippen LogP contribution in [0.3, 0.4) is 0 Å². The Morgan fingerprint density at radius 1 is 0.886 bits per heavy atom. The van der Waals surface area contributed by atoms with E-state index < -0.39 is 0 Å². The van der Waals surface area contributed by atoms with E-state index in [4.69, 9.17) is 0 Å². The molecule has 0 saturated carbocycles. The van der Waals surface area contributed by atoms with Crippen molar-refractivity contribution in [2.24, 2.45) is 5.92 Å². The van der Waals surface area contributed by atoms with Crippen LogP contribution in [-0.2, 0) is 9.59 Å². The van der Waals surface area contributed by atoms with Crippen LogP contribution in [0.25, 0.3) is 0 Å². The zero-order chi connectivity index (χ0) is 24.9. The number of nitrogens with one attached hydrogen (secondary N) is 2. The van der Waals surface area contributed by atoms with Crippen LogP contribution in [0.4, 0.5) is 11.4 Å². The maximum Gasteiger partial charge on any atom is 0.278 e. The maximum absolute atomic E-state index is 13.3. The van der Waals surface area contributed by atoms with Crippen LogP contribution in [0.15, 0.2) is 94.4 Å². The Morgan fingerprint density at radius 2 is 1.60 bits per heavy atom. The number of amides is 3. The van der Waals surface area contributed by atoms with Gasteiger partial charge in [-0.3, -0.25) is 19.3 Å². The van der Waals surface area contributed by atoms with Gasteiger partial charge in [-0.05, 0) is 55.3 Å². The summed E-state index contributed by atoms with van der Waals surface area (Å²) >= 11 is 1.22. The van der Waals surface area contributed by atoms with E-state index in [2.05, 4.69) is 10.6 Å². The van der Waals surface area contributed by atoms with Crippen molar-refractivity contribution >= 4 is 40.9 Å². The SMILES string of the molecule is Cc1ccc(NC2=C(Sc3cccc(NC(=O)c4ccccc4)c3)C(=O)N(CC(C)C)C2=O)cc1. The average Bonchev–Trinajstić information content (AvgIpc) is 3.05. The molecule has 0 atom stereocenters. The molecular formula is C28H27N3O3S. The molecule has 35 heavy (non-hydrogen) atoms. The zero-order valence-corrected chi connectivity index (χ0v) is 20.7. The van der Waals surface area contributed by atoms with Crippen LogP contribution < -0.4 is 10.6 Å². The van der Waals surface area contributed by atoms with Gasteiger partial charge in [0.05, 0.1) is 0 Å². The standard InChI is InChI=1S/C28H27N3O3S/c1-18(2)17-31-27(33)24(29-21-14-12-19(3)13-15-21)25(28(31)34)35-23-11-7-10-22(16-23)30-26(32)20-8-5-4-6-9-20/h4-16,18,29H,17H2,1-3H3,(H,30,32). The lowest BCUT2D eigenvalue weighted by Crippen LogP contribution is -2.35. The monoisotopic (exact) mass is 485 g/mol. The van der Waals surface area contributed by atoms with E-state index in [1.54, 1.807) is 24.3 Å². The van der Waals surface area contributed by atoms with Crippen molar-refractivity contribution in [2.45, 2.75) is 25.7 Å². The second-order valence-electron chi connectivity index (χ2n) is 8.76. The van der Waals surface area contributed by atoms with Crippen LogP contribution in [-0.4, -0.2) is 29.2 Å². The van der Waals surface area contributed by atoms with Crippen molar-refractivity contribution < 1.29 is 14.4 Å². The molecule has 1 heterocycles. The molecule has 0 aliphatic carbocycles. The number of aryl methyl sites for hydroxylation is 1. The van der Waals surface area contributed by atoms with Crippen LogP contribution in [0.1, 0.15) is 29.8 Å². The van der Waals surface area contributed by atoms with Crippen molar-refractivity contribution in [3.05, 3.63) is 101 Å². The van der Waals surface area contributed by atoms with Gasteiger partial charge in [-0.2, -0.15) is 0 Å². The smallest absolute Gasteiger partial charge is 0.278 e. The van der Waals surface area contributed by atoms with Crippen molar-refractivity contribution in [1.29, 1.82) is 0 Å². The third kappa shape index (κ3) is 5.81. The highest BCUT2D eigenvalue weighted by molar-refractivity contribution is 8.04. The second kappa shape index (κ2) is 10.6.